The molecule has 1 aromatic carbocycles. The fourth-order valence-corrected chi connectivity index (χ4v) is 2.18. The third-order valence-electron chi connectivity index (χ3n) is 3.20. The predicted molar refractivity (Wildman–Crippen MR) is 89.9 cm³/mol. The molecular formula is C17H15N5O2. The van der Waals surface area contributed by atoms with E-state index in [4.69, 9.17) is 0 Å². The van der Waals surface area contributed by atoms with E-state index in [2.05, 4.69) is 20.7 Å². The van der Waals surface area contributed by atoms with Crippen LogP contribution in [0.2, 0.25) is 0 Å². The van der Waals surface area contributed by atoms with Crippen LogP contribution in [0.5, 0.6) is 0 Å². The maximum Gasteiger partial charge on any atom is 0.273 e. The highest BCUT2D eigenvalue weighted by Crippen LogP contribution is 2.11. The molecule has 3 aromatic rings. The van der Waals surface area contributed by atoms with E-state index in [0.29, 0.717) is 11.5 Å². The van der Waals surface area contributed by atoms with E-state index in [1.54, 1.807) is 30.6 Å². The van der Waals surface area contributed by atoms with Crippen molar-refractivity contribution in [3.8, 4) is 0 Å². The van der Waals surface area contributed by atoms with Gasteiger partial charge in [-0.1, -0.05) is 30.3 Å². The lowest BCUT2D eigenvalue weighted by molar-refractivity contribution is -0.120. The summed E-state index contributed by atoms with van der Waals surface area (Å²) < 4.78 is 1.51. The minimum absolute atomic E-state index is 0.144. The highest BCUT2D eigenvalue weighted by atomic mass is 16.2. The van der Waals surface area contributed by atoms with Crippen LogP contribution in [0.25, 0.3) is 11.7 Å². The number of carbonyl (C=O) groups excluding carboxylic acids is 2. The number of rotatable bonds is 4. The number of amides is 2. The Balaban J connectivity index is 1.90. The molecule has 7 nitrogen and oxygen atoms in total. The van der Waals surface area contributed by atoms with Crippen molar-refractivity contribution in [3.05, 3.63) is 66.1 Å². The number of carbonyl (C=O) groups is 2. The quantitative estimate of drug-likeness (QED) is 0.718. The van der Waals surface area contributed by atoms with Crippen molar-refractivity contribution in [3.63, 3.8) is 0 Å². The molecule has 2 N–H and O–H groups in total. The average Bonchev–Trinajstić information content (AvgIpc) is 3.04. The smallest absolute Gasteiger partial charge is 0.273 e. The van der Waals surface area contributed by atoms with Crippen LogP contribution in [0.1, 0.15) is 12.5 Å². The number of nitrogens with zero attached hydrogens (tertiary/aromatic N) is 3. The highest BCUT2D eigenvalue weighted by Gasteiger charge is 2.13. The molecule has 2 heterocycles. The molecular weight excluding hydrogens is 306 g/mol. The Morgan fingerprint density at radius 1 is 1.08 bits per heavy atom. The van der Waals surface area contributed by atoms with Crippen LogP contribution in [0, 0.1) is 0 Å². The Morgan fingerprint density at radius 3 is 2.62 bits per heavy atom. The van der Waals surface area contributed by atoms with E-state index in [0.717, 1.165) is 5.56 Å². The van der Waals surface area contributed by atoms with Crippen LogP contribution in [0.3, 0.4) is 0 Å². The van der Waals surface area contributed by atoms with Gasteiger partial charge in [0.2, 0.25) is 5.91 Å². The summed E-state index contributed by atoms with van der Waals surface area (Å²) in [4.78, 5) is 28.1. The number of benzene rings is 1. The number of hydrogen-bond donors (Lipinski definition) is 2. The summed E-state index contributed by atoms with van der Waals surface area (Å²) in [5.41, 5.74) is 1.56. The van der Waals surface area contributed by atoms with Crippen molar-refractivity contribution in [2.75, 3.05) is 5.32 Å². The zero-order valence-corrected chi connectivity index (χ0v) is 12.9. The van der Waals surface area contributed by atoms with Crippen LogP contribution >= 0.6 is 0 Å². The van der Waals surface area contributed by atoms with Gasteiger partial charge in [-0.25, -0.2) is 4.98 Å². The van der Waals surface area contributed by atoms with E-state index in [9.17, 15) is 9.59 Å². The van der Waals surface area contributed by atoms with Gasteiger partial charge in [-0.05, 0) is 17.7 Å². The van der Waals surface area contributed by atoms with Crippen LogP contribution < -0.4 is 10.6 Å². The number of hydrogen-bond acceptors (Lipinski definition) is 4. The van der Waals surface area contributed by atoms with Crippen molar-refractivity contribution < 1.29 is 9.59 Å². The molecule has 0 bridgehead atoms. The molecule has 2 aromatic heterocycles. The van der Waals surface area contributed by atoms with Crippen LogP contribution in [-0.4, -0.2) is 26.4 Å². The maximum atomic E-state index is 12.6. The normalized spacial score (nSPS) is 11.3. The lowest BCUT2D eigenvalue weighted by Crippen LogP contribution is -2.29. The van der Waals surface area contributed by atoms with Gasteiger partial charge in [0.05, 0.1) is 6.20 Å². The van der Waals surface area contributed by atoms with E-state index in [1.165, 1.54) is 11.4 Å². The Labute approximate surface area is 138 Å². The largest absolute Gasteiger partial charge is 0.322 e. The zero-order chi connectivity index (χ0) is 16.9. The Kier molecular flexibility index (Phi) is 4.33. The van der Waals surface area contributed by atoms with Crippen molar-refractivity contribution in [2.24, 2.45) is 0 Å². The minimum atomic E-state index is -0.447. The summed E-state index contributed by atoms with van der Waals surface area (Å²) in [6.45, 7) is 1.35. The monoisotopic (exact) mass is 321 g/mol. The first-order chi connectivity index (χ1) is 11.6. The molecule has 0 aliphatic rings. The van der Waals surface area contributed by atoms with E-state index in [1.807, 2.05) is 30.3 Å². The molecule has 2 amide bonds. The average molecular weight is 321 g/mol. The fourth-order valence-electron chi connectivity index (χ4n) is 2.18. The molecule has 3 rings (SSSR count). The summed E-state index contributed by atoms with van der Waals surface area (Å²) in [5, 5.41) is 9.40. The van der Waals surface area contributed by atoms with Crippen LogP contribution in [0.4, 0.5) is 5.82 Å². The second-order valence-corrected chi connectivity index (χ2v) is 5.04. The maximum absolute atomic E-state index is 12.6. The first-order valence-corrected chi connectivity index (χ1v) is 7.28. The molecule has 0 radical (unpaired) electrons. The van der Waals surface area contributed by atoms with Gasteiger partial charge in [0.15, 0.2) is 5.65 Å². The Hall–Kier alpha value is -3.48. The van der Waals surface area contributed by atoms with Gasteiger partial charge in [0, 0.05) is 19.2 Å². The summed E-state index contributed by atoms with van der Waals surface area (Å²) in [7, 11) is 0. The van der Waals surface area contributed by atoms with Gasteiger partial charge >= 0.3 is 0 Å². The second kappa shape index (κ2) is 6.74. The van der Waals surface area contributed by atoms with Crippen molar-refractivity contribution in [2.45, 2.75) is 6.92 Å². The number of anilines is 1. The fraction of sp³-hybridized carbons (Fsp3) is 0.0588. The summed E-state index contributed by atoms with van der Waals surface area (Å²) >= 11 is 0. The summed E-state index contributed by atoms with van der Waals surface area (Å²) in [6, 6.07) is 12.6. The van der Waals surface area contributed by atoms with Crippen LogP contribution in [0.15, 0.2) is 60.6 Å². The molecule has 120 valence electrons. The van der Waals surface area contributed by atoms with Crippen molar-refractivity contribution in [1.29, 1.82) is 0 Å². The summed E-state index contributed by atoms with van der Waals surface area (Å²) in [6.07, 6.45) is 4.77. The lowest BCUT2D eigenvalue weighted by atomic mass is 10.2. The highest BCUT2D eigenvalue weighted by molar-refractivity contribution is 6.08. The molecule has 0 fully saturated rings. The van der Waals surface area contributed by atoms with Gasteiger partial charge in [-0.2, -0.15) is 9.61 Å². The van der Waals surface area contributed by atoms with E-state index < -0.39 is 5.91 Å². The van der Waals surface area contributed by atoms with Crippen molar-refractivity contribution in [1.82, 2.24) is 19.9 Å². The van der Waals surface area contributed by atoms with Gasteiger partial charge in [-0.3, -0.25) is 9.59 Å². The molecule has 0 aliphatic heterocycles. The second-order valence-electron chi connectivity index (χ2n) is 5.04. The first-order valence-electron chi connectivity index (χ1n) is 7.28. The van der Waals surface area contributed by atoms with Gasteiger partial charge < -0.3 is 10.6 Å². The molecule has 0 atom stereocenters. The zero-order valence-electron chi connectivity index (χ0n) is 12.9. The SMILES string of the molecule is CC(=O)N/C(=C/c1ccccc1)C(=O)Nc1ccnc2ccnn12. The lowest BCUT2D eigenvalue weighted by Gasteiger charge is -2.10. The topological polar surface area (TPSA) is 88.4 Å². The minimum Gasteiger partial charge on any atom is -0.322 e. The number of aromatic nitrogens is 3. The standard InChI is InChI=1S/C17H15N5O2/c1-12(23)20-14(11-13-5-3-2-4-6-13)17(24)21-16-7-9-18-15-8-10-19-22(15)16/h2-11H,1H3,(H,20,23)(H,21,24)/b14-11+. The number of fused-ring (bicyclic) bond motifs is 1. The van der Waals surface area contributed by atoms with Gasteiger partial charge in [-0.15, -0.1) is 0 Å². The molecule has 0 spiro atoms. The van der Waals surface area contributed by atoms with Crippen molar-refractivity contribution >= 4 is 29.4 Å². The Morgan fingerprint density at radius 2 is 1.88 bits per heavy atom. The number of nitrogens with one attached hydrogen (secondary N) is 2. The van der Waals surface area contributed by atoms with E-state index >= 15 is 0 Å². The Bertz CT molecular complexity index is 915. The first kappa shape index (κ1) is 15.4. The molecule has 0 unspecified atom stereocenters. The molecule has 0 aliphatic carbocycles. The van der Waals surface area contributed by atoms with Crippen LogP contribution in [-0.2, 0) is 9.59 Å². The third-order valence-corrected chi connectivity index (χ3v) is 3.20. The predicted octanol–water partition coefficient (Wildman–Crippen LogP) is 1.84. The molecule has 24 heavy (non-hydrogen) atoms. The van der Waals surface area contributed by atoms with E-state index in [-0.39, 0.29) is 11.6 Å². The summed E-state index contributed by atoms with van der Waals surface area (Å²) in [5.74, 6) is -0.317. The third kappa shape index (κ3) is 3.46. The van der Waals surface area contributed by atoms with Gasteiger partial charge in [0.1, 0.15) is 11.5 Å². The molecule has 0 saturated carbocycles. The molecule has 7 heteroatoms. The molecule has 0 saturated heterocycles. The van der Waals surface area contributed by atoms with Gasteiger partial charge in [0.25, 0.3) is 5.91 Å².